The number of rotatable bonds is 6. The van der Waals surface area contributed by atoms with Crippen LogP contribution in [0.5, 0.6) is 0 Å². The first-order valence-corrected chi connectivity index (χ1v) is 8.54. The van der Waals surface area contributed by atoms with Gasteiger partial charge in [-0.15, -0.1) is 5.10 Å². The predicted molar refractivity (Wildman–Crippen MR) is 90.4 cm³/mol. The van der Waals surface area contributed by atoms with Gasteiger partial charge in [0.1, 0.15) is 6.33 Å². The second kappa shape index (κ2) is 7.72. The number of hydrogen-bond acceptors (Lipinski definition) is 5. The second-order valence-corrected chi connectivity index (χ2v) is 6.41. The van der Waals surface area contributed by atoms with Gasteiger partial charge in [0.15, 0.2) is 0 Å². The number of carbonyl (C=O) groups excluding carboxylic acids is 1. The fraction of sp³-hybridized carbons (Fsp3) is 0.500. The van der Waals surface area contributed by atoms with Crippen LogP contribution < -0.4 is 5.32 Å². The van der Waals surface area contributed by atoms with E-state index in [9.17, 15) is 4.79 Å². The van der Waals surface area contributed by atoms with Crippen molar-refractivity contribution in [2.45, 2.75) is 38.4 Å². The molecular formula is C16H21ClN6O. The first kappa shape index (κ1) is 16.9. The van der Waals surface area contributed by atoms with E-state index in [-0.39, 0.29) is 18.0 Å². The molecule has 2 atom stereocenters. The molecule has 1 saturated heterocycles. The highest BCUT2D eigenvalue weighted by molar-refractivity contribution is 6.31. The Kier molecular flexibility index (Phi) is 5.42. The first-order valence-electron chi connectivity index (χ1n) is 8.16. The molecule has 3 rings (SSSR count). The minimum absolute atomic E-state index is 0.0268. The molecular weight excluding hydrogens is 328 g/mol. The maximum Gasteiger partial charge on any atom is 0.237 e. The number of hydrogen-bond donors (Lipinski definition) is 1. The summed E-state index contributed by atoms with van der Waals surface area (Å²) in [5.41, 5.74) is 0.921. The lowest BCUT2D eigenvalue weighted by Gasteiger charge is -2.22. The molecule has 24 heavy (non-hydrogen) atoms. The van der Waals surface area contributed by atoms with Crippen LogP contribution in [0.2, 0.25) is 5.02 Å². The van der Waals surface area contributed by atoms with E-state index in [2.05, 4.69) is 32.7 Å². The zero-order valence-corrected chi connectivity index (χ0v) is 14.4. The average molecular weight is 349 g/mol. The SMILES string of the molecule is CCCN1C[C@@H](n2cnnn2)C[C@H]1C(=O)NCc1ccccc1Cl. The van der Waals surface area contributed by atoms with E-state index < -0.39 is 0 Å². The molecule has 2 heterocycles. The summed E-state index contributed by atoms with van der Waals surface area (Å²) in [5, 5.41) is 15.0. The van der Waals surface area contributed by atoms with Gasteiger partial charge in [0.05, 0.1) is 12.1 Å². The number of amides is 1. The number of benzene rings is 1. The Balaban J connectivity index is 1.64. The minimum Gasteiger partial charge on any atom is -0.351 e. The summed E-state index contributed by atoms with van der Waals surface area (Å²) in [5.74, 6) is 0.0268. The van der Waals surface area contributed by atoms with Crippen LogP contribution in [-0.2, 0) is 11.3 Å². The van der Waals surface area contributed by atoms with Crippen molar-refractivity contribution in [2.75, 3.05) is 13.1 Å². The monoisotopic (exact) mass is 348 g/mol. The molecule has 1 aromatic carbocycles. The normalized spacial score (nSPS) is 21.1. The summed E-state index contributed by atoms with van der Waals surface area (Å²) < 4.78 is 1.74. The third-order valence-corrected chi connectivity index (χ3v) is 4.71. The van der Waals surface area contributed by atoms with Crippen molar-refractivity contribution in [3.8, 4) is 0 Å². The molecule has 0 spiro atoms. The van der Waals surface area contributed by atoms with E-state index in [1.54, 1.807) is 11.0 Å². The second-order valence-electron chi connectivity index (χ2n) is 6.00. The quantitative estimate of drug-likeness (QED) is 0.859. The summed E-state index contributed by atoms with van der Waals surface area (Å²) in [6, 6.07) is 7.51. The average Bonchev–Trinajstić information content (AvgIpc) is 3.23. The summed E-state index contributed by atoms with van der Waals surface area (Å²) in [7, 11) is 0. The van der Waals surface area contributed by atoms with Crippen LogP contribution in [0.25, 0.3) is 0 Å². The van der Waals surface area contributed by atoms with Crippen molar-refractivity contribution in [2.24, 2.45) is 0 Å². The molecule has 1 aromatic heterocycles. The van der Waals surface area contributed by atoms with E-state index >= 15 is 0 Å². The summed E-state index contributed by atoms with van der Waals surface area (Å²) in [6.07, 6.45) is 3.31. The van der Waals surface area contributed by atoms with Crippen LogP contribution in [0.3, 0.4) is 0 Å². The molecule has 1 fully saturated rings. The topological polar surface area (TPSA) is 75.9 Å². The Hall–Kier alpha value is -1.99. The lowest BCUT2D eigenvalue weighted by Crippen LogP contribution is -2.43. The van der Waals surface area contributed by atoms with E-state index in [4.69, 9.17) is 11.6 Å². The molecule has 0 aliphatic carbocycles. The fourth-order valence-corrected chi connectivity index (χ4v) is 3.36. The van der Waals surface area contributed by atoms with E-state index in [1.165, 1.54) is 0 Å². The first-order chi connectivity index (χ1) is 11.7. The molecule has 0 radical (unpaired) electrons. The number of likely N-dealkylation sites (tertiary alicyclic amines) is 1. The number of carbonyl (C=O) groups is 1. The highest BCUT2D eigenvalue weighted by atomic mass is 35.5. The molecule has 128 valence electrons. The fourth-order valence-electron chi connectivity index (χ4n) is 3.16. The van der Waals surface area contributed by atoms with Crippen molar-refractivity contribution in [3.05, 3.63) is 41.2 Å². The number of halogens is 1. The third kappa shape index (κ3) is 3.73. The van der Waals surface area contributed by atoms with Crippen molar-refractivity contribution >= 4 is 17.5 Å². The molecule has 7 nitrogen and oxygen atoms in total. The van der Waals surface area contributed by atoms with Crippen molar-refractivity contribution in [3.63, 3.8) is 0 Å². The molecule has 1 aliphatic rings. The van der Waals surface area contributed by atoms with Crippen molar-refractivity contribution in [1.82, 2.24) is 30.4 Å². The largest absolute Gasteiger partial charge is 0.351 e. The van der Waals surface area contributed by atoms with Gasteiger partial charge in [-0.1, -0.05) is 36.7 Å². The van der Waals surface area contributed by atoms with Crippen LogP contribution in [0.4, 0.5) is 0 Å². The van der Waals surface area contributed by atoms with Gasteiger partial charge >= 0.3 is 0 Å². The Morgan fingerprint density at radius 3 is 2.96 bits per heavy atom. The number of nitrogens with one attached hydrogen (secondary N) is 1. The lowest BCUT2D eigenvalue weighted by atomic mass is 10.1. The highest BCUT2D eigenvalue weighted by Crippen LogP contribution is 2.27. The Morgan fingerprint density at radius 1 is 1.42 bits per heavy atom. The molecule has 0 saturated carbocycles. The van der Waals surface area contributed by atoms with Gasteiger partial charge in [-0.25, -0.2) is 4.68 Å². The maximum atomic E-state index is 12.7. The van der Waals surface area contributed by atoms with Gasteiger partial charge in [-0.3, -0.25) is 9.69 Å². The Bertz CT molecular complexity index is 677. The Labute approximate surface area is 146 Å². The molecule has 8 heteroatoms. The van der Waals surface area contributed by atoms with Gasteiger partial charge < -0.3 is 5.32 Å². The smallest absolute Gasteiger partial charge is 0.237 e. The van der Waals surface area contributed by atoms with Crippen molar-refractivity contribution < 1.29 is 4.79 Å². The van der Waals surface area contributed by atoms with Crippen LogP contribution in [0, 0.1) is 0 Å². The van der Waals surface area contributed by atoms with Gasteiger partial charge in [-0.2, -0.15) is 0 Å². The summed E-state index contributed by atoms with van der Waals surface area (Å²) >= 11 is 6.15. The van der Waals surface area contributed by atoms with E-state index in [0.717, 1.165) is 25.1 Å². The highest BCUT2D eigenvalue weighted by Gasteiger charge is 2.37. The summed E-state index contributed by atoms with van der Waals surface area (Å²) in [6.45, 7) is 4.21. The lowest BCUT2D eigenvalue weighted by molar-refractivity contribution is -0.125. The molecule has 1 aliphatic heterocycles. The minimum atomic E-state index is -0.165. The van der Waals surface area contributed by atoms with Crippen LogP contribution in [0.15, 0.2) is 30.6 Å². The zero-order valence-electron chi connectivity index (χ0n) is 13.6. The third-order valence-electron chi connectivity index (χ3n) is 4.34. The van der Waals surface area contributed by atoms with E-state index in [1.807, 2.05) is 24.3 Å². The number of tetrazole rings is 1. The van der Waals surface area contributed by atoms with E-state index in [0.29, 0.717) is 18.0 Å². The molecule has 0 bridgehead atoms. The van der Waals surface area contributed by atoms with Gasteiger partial charge in [0.25, 0.3) is 0 Å². The summed E-state index contributed by atoms with van der Waals surface area (Å²) in [4.78, 5) is 14.9. The molecule has 0 unspecified atom stereocenters. The van der Waals surface area contributed by atoms with Gasteiger partial charge in [0, 0.05) is 18.1 Å². The standard InChI is InChI=1S/C16H21ClN6O/c1-2-7-22-10-13(23-11-19-20-21-23)8-15(22)16(24)18-9-12-5-3-4-6-14(12)17/h3-6,11,13,15H,2,7-10H2,1H3,(H,18,24)/t13-,15-/m0/s1. The van der Waals surface area contributed by atoms with Crippen molar-refractivity contribution in [1.29, 1.82) is 0 Å². The van der Waals surface area contributed by atoms with Crippen LogP contribution in [-0.4, -0.2) is 50.1 Å². The number of aromatic nitrogens is 4. The van der Waals surface area contributed by atoms with Crippen LogP contribution >= 0.6 is 11.6 Å². The molecule has 1 N–H and O–H groups in total. The maximum absolute atomic E-state index is 12.7. The Morgan fingerprint density at radius 2 is 2.25 bits per heavy atom. The van der Waals surface area contributed by atoms with Gasteiger partial charge in [-0.05, 0) is 41.4 Å². The molecule has 1 amide bonds. The van der Waals surface area contributed by atoms with Gasteiger partial charge in [0.2, 0.25) is 5.91 Å². The number of nitrogens with zero attached hydrogens (tertiary/aromatic N) is 5. The molecule has 2 aromatic rings. The predicted octanol–water partition coefficient (Wildman–Crippen LogP) is 1.67. The van der Waals surface area contributed by atoms with Crippen LogP contribution in [0.1, 0.15) is 31.4 Å². The zero-order chi connectivity index (χ0) is 16.9.